The highest BCUT2D eigenvalue weighted by Gasteiger charge is 2.51. The summed E-state index contributed by atoms with van der Waals surface area (Å²) in [5, 5.41) is 5.04. The van der Waals surface area contributed by atoms with Crippen LogP contribution in [0.5, 0.6) is 0 Å². The molecule has 3 heteroatoms. The van der Waals surface area contributed by atoms with Crippen LogP contribution in [0.3, 0.4) is 0 Å². The van der Waals surface area contributed by atoms with E-state index in [2.05, 4.69) is 216 Å². The lowest BCUT2D eigenvalue weighted by Gasteiger charge is -2.45. The molecule has 0 fully saturated rings. The van der Waals surface area contributed by atoms with Gasteiger partial charge in [0.25, 0.3) is 0 Å². The van der Waals surface area contributed by atoms with Gasteiger partial charge >= 0.3 is 0 Å². The van der Waals surface area contributed by atoms with Gasteiger partial charge in [-0.2, -0.15) is 0 Å². The maximum Gasteiger partial charge on any atom is 0.0755 e. The number of nitrogens with zero attached hydrogens (tertiary/aromatic N) is 2. The van der Waals surface area contributed by atoms with Gasteiger partial charge in [0.15, 0.2) is 0 Å². The second kappa shape index (κ2) is 12.0. The SMILES string of the molecule is c1ccc(N2c3ccccc3C3(c4ccccc4-c4ccc(N(c5ccc6ccccc6c5)c5ccc6sc7ccccc7c6c5)cc43)c3ccccc32)cc1. The Morgan fingerprint density at radius 3 is 1.77 bits per heavy atom. The summed E-state index contributed by atoms with van der Waals surface area (Å²) in [6.07, 6.45) is 0. The minimum Gasteiger partial charge on any atom is -0.310 e. The number of fused-ring (bicyclic) bond motifs is 13. The summed E-state index contributed by atoms with van der Waals surface area (Å²) in [4.78, 5) is 4.91. The van der Waals surface area contributed by atoms with Gasteiger partial charge in [-0.1, -0.05) is 133 Å². The van der Waals surface area contributed by atoms with Crippen LogP contribution in [0, 0.1) is 0 Å². The molecule has 0 amide bonds. The molecule has 10 aromatic rings. The Hall–Kier alpha value is -6.94. The van der Waals surface area contributed by atoms with Gasteiger partial charge in [-0.15, -0.1) is 11.3 Å². The predicted octanol–water partition coefficient (Wildman–Crippen LogP) is 14.8. The summed E-state index contributed by atoms with van der Waals surface area (Å²) in [6, 6.07) is 76.5. The monoisotopic (exact) mass is 730 g/mol. The lowest BCUT2D eigenvalue weighted by Crippen LogP contribution is -2.36. The number of para-hydroxylation sites is 3. The average Bonchev–Trinajstić information content (AvgIpc) is 3.78. The van der Waals surface area contributed by atoms with Crippen LogP contribution in [-0.4, -0.2) is 0 Å². The van der Waals surface area contributed by atoms with Crippen molar-refractivity contribution in [3.05, 3.63) is 229 Å². The van der Waals surface area contributed by atoms with Crippen molar-refractivity contribution in [2.45, 2.75) is 5.41 Å². The highest BCUT2D eigenvalue weighted by atomic mass is 32.1. The van der Waals surface area contributed by atoms with E-state index in [1.165, 1.54) is 75.7 Å². The molecule has 56 heavy (non-hydrogen) atoms. The van der Waals surface area contributed by atoms with E-state index in [0.29, 0.717) is 0 Å². The minimum absolute atomic E-state index is 0.539. The molecule has 12 rings (SSSR count). The first-order valence-corrected chi connectivity index (χ1v) is 20.1. The Morgan fingerprint density at radius 2 is 0.946 bits per heavy atom. The van der Waals surface area contributed by atoms with E-state index < -0.39 is 5.41 Å². The summed E-state index contributed by atoms with van der Waals surface area (Å²) < 4.78 is 2.61. The third-order valence-corrected chi connectivity index (χ3v) is 13.2. The lowest BCUT2D eigenvalue weighted by atomic mass is 9.64. The summed E-state index contributed by atoms with van der Waals surface area (Å²) in [5.74, 6) is 0. The Balaban J connectivity index is 1.15. The number of hydrogen-bond acceptors (Lipinski definition) is 3. The first-order chi connectivity index (χ1) is 27.8. The number of thiophene rings is 1. The zero-order chi connectivity index (χ0) is 36.8. The van der Waals surface area contributed by atoms with Crippen LogP contribution in [-0.2, 0) is 5.41 Å². The Labute approximate surface area is 329 Å². The Bertz CT molecular complexity index is 3130. The van der Waals surface area contributed by atoms with E-state index in [1.807, 2.05) is 11.3 Å². The largest absolute Gasteiger partial charge is 0.310 e. The molecule has 2 nitrogen and oxygen atoms in total. The van der Waals surface area contributed by atoms with Crippen LogP contribution < -0.4 is 9.80 Å². The number of rotatable bonds is 4. The second-order valence-corrected chi connectivity index (χ2v) is 16.0. The molecule has 1 aromatic heterocycles. The highest BCUT2D eigenvalue weighted by molar-refractivity contribution is 7.25. The summed E-state index contributed by atoms with van der Waals surface area (Å²) in [7, 11) is 0. The fraction of sp³-hybridized carbons (Fsp3) is 0.0189. The molecule has 0 saturated heterocycles. The molecule has 0 radical (unpaired) electrons. The molecule has 1 aliphatic heterocycles. The second-order valence-electron chi connectivity index (χ2n) is 14.9. The molecule has 2 aliphatic rings. The van der Waals surface area contributed by atoms with Crippen molar-refractivity contribution in [2.75, 3.05) is 9.80 Å². The van der Waals surface area contributed by atoms with Crippen LogP contribution in [0.1, 0.15) is 22.3 Å². The third-order valence-electron chi connectivity index (χ3n) is 12.0. The summed E-state index contributed by atoms with van der Waals surface area (Å²) in [6.45, 7) is 0. The normalized spacial score (nSPS) is 13.5. The van der Waals surface area contributed by atoms with Crippen molar-refractivity contribution >= 4 is 76.4 Å². The van der Waals surface area contributed by atoms with Gasteiger partial charge in [-0.3, -0.25) is 0 Å². The van der Waals surface area contributed by atoms with Crippen molar-refractivity contribution in [2.24, 2.45) is 0 Å². The van der Waals surface area contributed by atoms with Crippen LogP contribution in [0.2, 0.25) is 0 Å². The zero-order valence-electron chi connectivity index (χ0n) is 30.4. The highest BCUT2D eigenvalue weighted by Crippen LogP contribution is 2.64. The molecule has 0 bridgehead atoms. The maximum absolute atomic E-state index is 2.49. The van der Waals surface area contributed by atoms with Crippen LogP contribution in [0.25, 0.3) is 42.1 Å². The predicted molar refractivity (Wildman–Crippen MR) is 237 cm³/mol. The van der Waals surface area contributed by atoms with Crippen LogP contribution in [0.15, 0.2) is 206 Å². The van der Waals surface area contributed by atoms with E-state index >= 15 is 0 Å². The Morgan fingerprint density at radius 1 is 0.375 bits per heavy atom. The van der Waals surface area contributed by atoms with Crippen LogP contribution >= 0.6 is 11.3 Å². The van der Waals surface area contributed by atoms with Crippen molar-refractivity contribution in [3.8, 4) is 11.1 Å². The fourth-order valence-electron chi connectivity index (χ4n) is 9.70. The molecule has 9 aromatic carbocycles. The van der Waals surface area contributed by atoms with E-state index in [4.69, 9.17) is 0 Å². The van der Waals surface area contributed by atoms with Gasteiger partial charge in [-0.05, 0) is 117 Å². The molecule has 2 heterocycles. The first-order valence-electron chi connectivity index (χ1n) is 19.3. The minimum atomic E-state index is -0.539. The number of benzene rings is 9. The molecule has 1 aliphatic carbocycles. The maximum atomic E-state index is 2.49. The van der Waals surface area contributed by atoms with E-state index in [1.54, 1.807) is 0 Å². The topological polar surface area (TPSA) is 6.48 Å². The molecule has 0 saturated carbocycles. The summed E-state index contributed by atoms with van der Waals surface area (Å²) in [5.41, 5.74) is 14.2. The van der Waals surface area contributed by atoms with Crippen molar-refractivity contribution in [1.82, 2.24) is 0 Å². The standard InChI is InChI=1S/C53H34N2S/c1-2-16-37(17-3-1)55-49-23-11-9-21-46(49)53(47-22-10-12-24-50(47)55)45-20-8-6-18-41(45)42-30-28-40(34-48(42)53)54(38-27-26-35-14-4-5-15-36(35)32-38)39-29-31-52-44(33-39)43-19-7-13-25-51(43)56-52/h1-34H. The smallest absolute Gasteiger partial charge is 0.0755 e. The number of anilines is 6. The lowest BCUT2D eigenvalue weighted by molar-refractivity contribution is 0.752. The van der Waals surface area contributed by atoms with Gasteiger partial charge < -0.3 is 9.80 Å². The molecule has 1 spiro atoms. The van der Waals surface area contributed by atoms with Crippen molar-refractivity contribution < 1.29 is 0 Å². The zero-order valence-corrected chi connectivity index (χ0v) is 31.2. The van der Waals surface area contributed by atoms with Crippen molar-refractivity contribution in [3.63, 3.8) is 0 Å². The van der Waals surface area contributed by atoms with Gasteiger partial charge in [0.05, 0.1) is 16.8 Å². The van der Waals surface area contributed by atoms with E-state index in [9.17, 15) is 0 Å². The molecule has 262 valence electrons. The quantitative estimate of drug-likeness (QED) is 0.178. The number of hydrogen-bond donors (Lipinski definition) is 0. The van der Waals surface area contributed by atoms with Crippen molar-refractivity contribution in [1.29, 1.82) is 0 Å². The summed E-state index contributed by atoms with van der Waals surface area (Å²) >= 11 is 1.86. The van der Waals surface area contributed by atoms with Crippen LogP contribution in [0.4, 0.5) is 34.1 Å². The molecular weight excluding hydrogens is 697 g/mol. The molecule has 0 N–H and O–H groups in total. The van der Waals surface area contributed by atoms with Gasteiger partial charge in [-0.25, -0.2) is 0 Å². The van der Waals surface area contributed by atoms with Gasteiger partial charge in [0.1, 0.15) is 0 Å². The van der Waals surface area contributed by atoms with E-state index in [-0.39, 0.29) is 0 Å². The molecule has 0 atom stereocenters. The third kappa shape index (κ3) is 4.38. The molecule has 0 unspecified atom stereocenters. The van der Waals surface area contributed by atoms with E-state index in [0.717, 1.165) is 22.7 Å². The average molecular weight is 731 g/mol. The Kier molecular flexibility index (Phi) is 6.75. The van der Waals surface area contributed by atoms with Gasteiger partial charge in [0.2, 0.25) is 0 Å². The first kappa shape index (κ1) is 31.4. The van der Waals surface area contributed by atoms with Gasteiger partial charge in [0, 0.05) is 42.9 Å². The molecular formula is C53H34N2S. The fourth-order valence-corrected chi connectivity index (χ4v) is 10.8.